The molecule has 0 amide bonds. The van der Waals surface area contributed by atoms with Crippen molar-refractivity contribution in [2.24, 2.45) is 0 Å². The van der Waals surface area contributed by atoms with Crippen LogP contribution in [0.15, 0.2) is 35.1 Å². The van der Waals surface area contributed by atoms with Crippen molar-refractivity contribution in [3.8, 4) is 0 Å². The van der Waals surface area contributed by atoms with Gasteiger partial charge in [-0.2, -0.15) is 13.2 Å². The summed E-state index contributed by atoms with van der Waals surface area (Å²) in [4.78, 5) is 3.83. The summed E-state index contributed by atoms with van der Waals surface area (Å²) < 4.78 is 43.5. The topological polar surface area (TPSA) is 46.3 Å². The Morgan fingerprint density at radius 2 is 2.00 bits per heavy atom. The third kappa shape index (κ3) is 2.96. The molecule has 6 heteroatoms. The van der Waals surface area contributed by atoms with Crippen molar-refractivity contribution >= 4 is 0 Å². The van der Waals surface area contributed by atoms with Gasteiger partial charge in [-0.05, 0) is 18.6 Å². The molecule has 1 N–H and O–H groups in total. The van der Waals surface area contributed by atoms with Crippen LogP contribution in [0, 0.1) is 6.92 Å². The molecule has 0 spiro atoms. The van der Waals surface area contributed by atoms with Crippen molar-refractivity contribution in [2.75, 3.05) is 0 Å². The van der Waals surface area contributed by atoms with E-state index in [4.69, 9.17) is 4.42 Å². The van der Waals surface area contributed by atoms with Gasteiger partial charge in [0, 0.05) is 6.42 Å². The Labute approximate surface area is 107 Å². The molecule has 102 valence electrons. The van der Waals surface area contributed by atoms with Crippen LogP contribution in [-0.4, -0.2) is 10.1 Å². The van der Waals surface area contributed by atoms with E-state index in [1.807, 2.05) is 0 Å². The van der Waals surface area contributed by atoms with Gasteiger partial charge in [0.15, 0.2) is 6.39 Å². The van der Waals surface area contributed by atoms with Gasteiger partial charge in [0.2, 0.25) is 0 Å². The number of aliphatic hydroxyl groups excluding tert-OH is 1. The first-order chi connectivity index (χ1) is 8.89. The zero-order chi connectivity index (χ0) is 14.0. The van der Waals surface area contributed by atoms with Gasteiger partial charge in [-0.3, -0.25) is 0 Å². The van der Waals surface area contributed by atoms with Gasteiger partial charge in [0.25, 0.3) is 0 Å². The predicted octanol–water partition coefficient (Wildman–Crippen LogP) is 3.28. The number of nitrogens with zero attached hydrogens (tertiary/aromatic N) is 1. The molecule has 0 aliphatic heterocycles. The molecule has 0 aliphatic carbocycles. The number of rotatable bonds is 3. The summed E-state index contributed by atoms with van der Waals surface area (Å²) >= 11 is 0. The first-order valence-electron chi connectivity index (χ1n) is 5.62. The van der Waals surface area contributed by atoms with Crippen LogP contribution in [-0.2, 0) is 12.6 Å². The molecule has 1 unspecified atom stereocenters. The normalized spacial score (nSPS) is 13.5. The second-order valence-corrected chi connectivity index (χ2v) is 4.17. The Hall–Kier alpha value is -1.82. The van der Waals surface area contributed by atoms with Crippen LogP contribution < -0.4 is 0 Å². The lowest BCUT2D eigenvalue weighted by atomic mass is 9.98. The Morgan fingerprint density at radius 3 is 2.58 bits per heavy atom. The van der Waals surface area contributed by atoms with E-state index in [0.717, 1.165) is 6.07 Å². The number of aryl methyl sites for hydroxylation is 1. The fraction of sp³-hybridized carbons (Fsp3) is 0.308. The summed E-state index contributed by atoms with van der Waals surface area (Å²) in [6, 6.07) is 4.96. The van der Waals surface area contributed by atoms with Crippen LogP contribution in [0.4, 0.5) is 13.2 Å². The van der Waals surface area contributed by atoms with Crippen molar-refractivity contribution in [2.45, 2.75) is 25.6 Å². The summed E-state index contributed by atoms with van der Waals surface area (Å²) in [7, 11) is 0. The number of alkyl halides is 3. The van der Waals surface area contributed by atoms with Gasteiger partial charge in [0.05, 0.1) is 17.4 Å². The molecule has 1 aromatic heterocycles. The van der Waals surface area contributed by atoms with E-state index >= 15 is 0 Å². The van der Waals surface area contributed by atoms with E-state index in [0.29, 0.717) is 11.5 Å². The van der Waals surface area contributed by atoms with Gasteiger partial charge < -0.3 is 9.52 Å². The van der Waals surface area contributed by atoms with Crippen molar-refractivity contribution < 1.29 is 22.7 Å². The Bertz CT molecular complexity index is 563. The zero-order valence-electron chi connectivity index (χ0n) is 10.1. The lowest BCUT2D eigenvalue weighted by molar-refractivity contribution is -0.139. The van der Waals surface area contributed by atoms with Crippen LogP contribution in [0.5, 0.6) is 0 Å². The average molecular weight is 271 g/mol. The molecule has 1 atom stereocenters. The number of aromatic nitrogens is 1. The molecule has 0 aliphatic rings. The van der Waals surface area contributed by atoms with E-state index in [2.05, 4.69) is 4.98 Å². The maximum absolute atomic E-state index is 12.8. The molecule has 19 heavy (non-hydrogen) atoms. The minimum atomic E-state index is -4.49. The van der Waals surface area contributed by atoms with Crippen molar-refractivity contribution in [3.63, 3.8) is 0 Å². The SMILES string of the molecule is Cc1ncoc1CC(O)c1ccccc1C(F)(F)F. The first-order valence-corrected chi connectivity index (χ1v) is 5.62. The highest BCUT2D eigenvalue weighted by atomic mass is 19.4. The maximum atomic E-state index is 12.8. The Kier molecular flexibility index (Phi) is 3.61. The standard InChI is InChI=1S/C13H12F3NO2/c1-8-12(19-7-17-8)6-11(18)9-4-2-3-5-10(9)13(14,15)16/h2-5,7,11,18H,6H2,1H3. The van der Waals surface area contributed by atoms with Gasteiger partial charge in [-0.1, -0.05) is 18.2 Å². The van der Waals surface area contributed by atoms with Gasteiger partial charge in [-0.15, -0.1) is 0 Å². The number of hydrogen-bond acceptors (Lipinski definition) is 3. The monoisotopic (exact) mass is 271 g/mol. The fourth-order valence-electron chi connectivity index (χ4n) is 1.85. The summed E-state index contributed by atoms with van der Waals surface area (Å²) in [5.74, 6) is 0.379. The van der Waals surface area contributed by atoms with Crippen LogP contribution in [0.2, 0.25) is 0 Å². The summed E-state index contributed by atoms with van der Waals surface area (Å²) in [6.45, 7) is 1.67. The van der Waals surface area contributed by atoms with Gasteiger partial charge in [-0.25, -0.2) is 4.98 Å². The third-order valence-corrected chi connectivity index (χ3v) is 2.85. The van der Waals surface area contributed by atoms with E-state index in [1.165, 1.54) is 24.6 Å². The number of hydrogen-bond donors (Lipinski definition) is 1. The molecule has 1 aromatic carbocycles. The lowest BCUT2D eigenvalue weighted by Crippen LogP contribution is -2.13. The van der Waals surface area contributed by atoms with Crippen molar-refractivity contribution in [1.82, 2.24) is 4.98 Å². The number of oxazole rings is 1. The Morgan fingerprint density at radius 1 is 1.32 bits per heavy atom. The molecular formula is C13H12F3NO2. The van der Waals surface area contributed by atoms with E-state index in [-0.39, 0.29) is 12.0 Å². The lowest BCUT2D eigenvalue weighted by Gasteiger charge is -2.16. The van der Waals surface area contributed by atoms with Crippen LogP contribution in [0.3, 0.4) is 0 Å². The van der Waals surface area contributed by atoms with Crippen LogP contribution in [0.25, 0.3) is 0 Å². The van der Waals surface area contributed by atoms with E-state index < -0.39 is 17.8 Å². The van der Waals surface area contributed by atoms with Gasteiger partial charge in [0.1, 0.15) is 5.76 Å². The molecular weight excluding hydrogens is 259 g/mol. The molecule has 0 bridgehead atoms. The molecule has 0 radical (unpaired) electrons. The van der Waals surface area contributed by atoms with Crippen LogP contribution >= 0.6 is 0 Å². The highest BCUT2D eigenvalue weighted by Gasteiger charge is 2.34. The summed E-state index contributed by atoms with van der Waals surface area (Å²) in [5.41, 5.74) is -0.436. The molecule has 2 rings (SSSR count). The quantitative estimate of drug-likeness (QED) is 0.931. The average Bonchev–Trinajstić information content (AvgIpc) is 2.74. The maximum Gasteiger partial charge on any atom is 0.416 e. The molecule has 0 fully saturated rings. The van der Waals surface area contributed by atoms with Crippen molar-refractivity contribution in [1.29, 1.82) is 0 Å². The van der Waals surface area contributed by atoms with E-state index in [1.54, 1.807) is 6.92 Å². The third-order valence-electron chi connectivity index (χ3n) is 2.85. The first kappa shape index (κ1) is 13.6. The second-order valence-electron chi connectivity index (χ2n) is 4.17. The number of halogens is 3. The highest BCUT2D eigenvalue weighted by molar-refractivity contribution is 5.32. The molecule has 0 saturated carbocycles. The number of benzene rings is 1. The van der Waals surface area contributed by atoms with Crippen molar-refractivity contribution in [3.05, 3.63) is 53.2 Å². The molecule has 1 heterocycles. The summed E-state index contributed by atoms with van der Waals surface area (Å²) in [5, 5.41) is 9.97. The van der Waals surface area contributed by atoms with Crippen LogP contribution in [0.1, 0.15) is 28.7 Å². The zero-order valence-corrected chi connectivity index (χ0v) is 10.1. The van der Waals surface area contributed by atoms with E-state index in [9.17, 15) is 18.3 Å². The predicted molar refractivity (Wildman–Crippen MR) is 61.3 cm³/mol. The fourth-order valence-corrected chi connectivity index (χ4v) is 1.85. The smallest absolute Gasteiger partial charge is 0.416 e. The van der Waals surface area contributed by atoms with Gasteiger partial charge >= 0.3 is 6.18 Å². The molecule has 0 saturated heterocycles. The molecule has 2 aromatic rings. The highest BCUT2D eigenvalue weighted by Crippen LogP contribution is 2.35. The number of aliphatic hydroxyl groups is 1. The molecule has 3 nitrogen and oxygen atoms in total. The largest absolute Gasteiger partial charge is 0.448 e. The minimum absolute atomic E-state index is 0.0427. The minimum Gasteiger partial charge on any atom is -0.448 e. The second kappa shape index (κ2) is 5.05. The Balaban J connectivity index is 2.29. The summed E-state index contributed by atoms with van der Waals surface area (Å²) in [6.07, 6.45) is -4.62.